The number of nitrogens with one attached hydrogen (secondary N) is 2. The molecule has 0 aliphatic rings. The van der Waals surface area contributed by atoms with E-state index in [0.717, 1.165) is 10.7 Å². The number of hydrogen-bond acceptors (Lipinski definition) is 6. The Bertz CT molecular complexity index is 839. The van der Waals surface area contributed by atoms with Crippen LogP contribution >= 0.6 is 11.3 Å². The number of hydrogen-bond donors (Lipinski definition) is 2. The van der Waals surface area contributed by atoms with Crippen LogP contribution in [0.1, 0.15) is 15.6 Å². The summed E-state index contributed by atoms with van der Waals surface area (Å²) < 4.78 is 28.4. The smallest absolute Gasteiger partial charge is 0.191 e. The highest BCUT2D eigenvalue weighted by atomic mass is 32.2. The van der Waals surface area contributed by atoms with Crippen LogP contribution in [0.25, 0.3) is 0 Å². The molecule has 0 spiro atoms. The van der Waals surface area contributed by atoms with Crippen molar-refractivity contribution in [2.75, 3.05) is 26.5 Å². The third kappa shape index (κ3) is 5.99. The first kappa shape index (κ1) is 20.2. The van der Waals surface area contributed by atoms with Gasteiger partial charge < -0.3 is 15.4 Å². The van der Waals surface area contributed by atoms with Crippen LogP contribution in [0, 0.1) is 13.8 Å². The zero-order valence-corrected chi connectivity index (χ0v) is 17.0. The van der Waals surface area contributed by atoms with Crippen molar-refractivity contribution in [3.8, 4) is 5.75 Å². The fourth-order valence-corrected chi connectivity index (χ4v) is 3.62. The summed E-state index contributed by atoms with van der Waals surface area (Å²) in [5, 5.41) is 7.39. The van der Waals surface area contributed by atoms with Gasteiger partial charge in [0.25, 0.3) is 0 Å². The predicted molar refractivity (Wildman–Crippen MR) is 105 cm³/mol. The van der Waals surface area contributed by atoms with Crippen LogP contribution in [0.15, 0.2) is 34.2 Å². The average molecular weight is 397 g/mol. The number of aromatic nitrogens is 1. The average Bonchev–Trinajstić information content (AvgIpc) is 2.92. The minimum absolute atomic E-state index is 0.278. The van der Waals surface area contributed by atoms with E-state index in [-0.39, 0.29) is 4.90 Å². The van der Waals surface area contributed by atoms with Crippen molar-refractivity contribution in [3.05, 3.63) is 39.8 Å². The zero-order valence-electron chi connectivity index (χ0n) is 15.4. The van der Waals surface area contributed by atoms with Gasteiger partial charge >= 0.3 is 0 Å². The molecular weight excluding hydrogens is 372 g/mol. The van der Waals surface area contributed by atoms with Gasteiger partial charge in [0.2, 0.25) is 0 Å². The summed E-state index contributed by atoms with van der Waals surface area (Å²) in [4.78, 5) is 10.1. The summed E-state index contributed by atoms with van der Waals surface area (Å²) in [5.41, 5.74) is 1.06. The highest BCUT2D eigenvalue weighted by molar-refractivity contribution is 7.90. The van der Waals surface area contributed by atoms with E-state index in [9.17, 15) is 8.42 Å². The molecule has 1 heterocycles. The molecule has 142 valence electrons. The van der Waals surface area contributed by atoms with E-state index in [0.29, 0.717) is 31.4 Å². The van der Waals surface area contributed by atoms with Gasteiger partial charge in [-0.05, 0) is 38.1 Å². The molecular formula is C17H24N4O3S2. The number of rotatable bonds is 7. The number of ether oxygens (including phenoxy) is 1. The Morgan fingerprint density at radius 1 is 1.23 bits per heavy atom. The monoisotopic (exact) mass is 396 g/mol. The van der Waals surface area contributed by atoms with Crippen LogP contribution in [-0.2, 0) is 16.4 Å². The van der Waals surface area contributed by atoms with E-state index in [1.165, 1.54) is 23.3 Å². The van der Waals surface area contributed by atoms with Crippen molar-refractivity contribution in [1.29, 1.82) is 0 Å². The highest BCUT2D eigenvalue weighted by Gasteiger charge is 2.07. The molecule has 0 aliphatic carbocycles. The lowest BCUT2D eigenvalue weighted by atomic mass is 10.3. The van der Waals surface area contributed by atoms with Gasteiger partial charge in [0.15, 0.2) is 15.8 Å². The number of thiazole rings is 1. The Morgan fingerprint density at radius 3 is 2.46 bits per heavy atom. The van der Waals surface area contributed by atoms with Crippen LogP contribution < -0.4 is 15.4 Å². The summed E-state index contributed by atoms with van der Waals surface area (Å²) in [6, 6.07) is 6.38. The van der Waals surface area contributed by atoms with Crippen LogP contribution in [0.4, 0.5) is 0 Å². The molecule has 0 radical (unpaired) electrons. The van der Waals surface area contributed by atoms with Crippen molar-refractivity contribution in [2.45, 2.75) is 25.3 Å². The molecule has 0 bridgehead atoms. The van der Waals surface area contributed by atoms with Gasteiger partial charge in [0.05, 0.1) is 23.7 Å². The van der Waals surface area contributed by atoms with E-state index in [2.05, 4.69) is 27.5 Å². The van der Waals surface area contributed by atoms with Gasteiger partial charge in [0.1, 0.15) is 17.4 Å². The summed E-state index contributed by atoms with van der Waals surface area (Å²) in [7, 11) is -1.48. The maximum absolute atomic E-state index is 11.4. The minimum Gasteiger partial charge on any atom is -0.492 e. The molecule has 7 nitrogen and oxygen atoms in total. The van der Waals surface area contributed by atoms with Gasteiger partial charge in [0, 0.05) is 18.2 Å². The first-order chi connectivity index (χ1) is 12.3. The number of aliphatic imine (C=N–C) groups is 1. The lowest BCUT2D eigenvalue weighted by molar-refractivity contribution is 0.321. The first-order valence-electron chi connectivity index (χ1n) is 8.10. The van der Waals surface area contributed by atoms with Gasteiger partial charge in [-0.1, -0.05) is 0 Å². The summed E-state index contributed by atoms with van der Waals surface area (Å²) >= 11 is 1.67. The number of nitrogens with zero attached hydrogens (tertiary/aromatic N) is 2. The number of aryl methyl sites for hydroxylation is 2. The number of sulfone groups is 1. The Hall–Kier alpha value is -2.13. The maximum atomic E-state index is 11.4. The SMILES string of the molecule is CN=C(NCCOc1ccc(S(C)(=O)=O)cc1)NCc1nc(C)c(C)s1. The van der Waals surface area contributed by atoms with Crippen LogP contribution in [0.3, 0.4) is 0 Å². The molecule has 2 N–H and O–H groups in total. The van der Waals surface area contributed by atoms with Gasteiger partial charge in [-0.2, -0.15) is 0 Å². The maximum Gasteiger partial charge on any atom is 0.191 e. The third-order valence-electron chi connectivity index (χ3n) is 3.62. The molecule has 26 heavy (non-hydrogen) atoms. The van der Waals surface area contributed by atoms with Crippen LogP contribution in [0.2, 0.25) is 0 Å². The van der Waals surface area contributed by atoms with E-state index < -0.39 is 9.84 Å². The molecule has 0 saturated heterocycles. The standard InChI is InChI=1S/C17H24N4O3S2/c1-12-13(2)25-16(21-12)11-20-17(18-3)19-9-10-24-14-5-7-15(8-6-14)26(4,22)23/h5-8H,9-11H2,1-4H3,(H2,18,19,20). The second kappa shape index (κ2) is 9.00. The van der Waals surface area contributed by atoms with E-state index in [1.807, 2.05) is 6.92 Å². The third-order valence-corrected chi connectivity index (χ3v) is 5.82. The normalized spacial score (nSPS) is 12.1. The second-order valence-corrected chi connectivity index (χ2v) is 9.00. The van der Waals surface area contributed by atoms with Crippen molar-refractivity contribution >= 4 is 27.1 Å². The molecule has 1 aromatic heterocycles. The topological polar surface area (TPSA) is 92.7 Å². The van der Waals surface area contributed by atoms with Gasteiger partial charge in [-0.15, -0.1) is 11.3 Å². The number of benzene rings is 1. The van der Waals surface area contributed by atoms with Crippen molar-refractivity contribution < 1.29 is 13.2 Å². The molecule has 1 aromatic carbocycles. The molecule has 0 unspecified atom stereocenters. The lowest BCUT2D eigenvalue weighted by Crippen LogP contribution is -2.38. The largest absolute Gasteiger partial charge is 0.492 e. The molecule has 0 aliphatic heterocycles. The minimum atomic E-state index is -3.19. The molecule has 0 amide bonds. The Kier molecular flexibility index (Phi) is 6.98. The molecule has 2 aromatic rings. The molecule has 0 fully saturated rings. The molecule has 0 atom stereocenters. The van der Waals surface area contributed by atoms with E-state index >= 15 is 0 Å². The second-order valence-electron chi connectivity index (χ2n) is 5.69. The quantitative estimate of drug-likeness (QED) is 0.422. The van der Waals surface area contributed by atoms with Crippen molar-refractivity contribution in [2.24, 2.45) is 4.99 Å². The molecule has 2 rings (SSSR count). The number of guanidine groups is 1. The zero-order chi connectivity index (χ0) is 19.2. The predicted octanol–water partition coefficient (Wildman–Crippen LogP) is 1.91. The van der Waals surface area contributed by atoms with Crippen molar-refractivity contribution in [3.63, 3.8) is 0 Å². The van der Waals surface area contributed by atoms with Gasteiger partial charge in [-0.3, -0.25) is 4.99 Å². The summed E-state index contributed by atoms with van der Waals surface area (Å²) in [6.07, 6.45) is 1.18. The highest BCUT2D eigenvalue weighted by Crippen LogP contribution is 2.16. The summed E-state index contributed by atoms with van der Waals surface area (Å²) in [6.45, 7) is 5.66. The Morgan fingerprint density at radius 2 is 1.92 bits per heavy atom. The van der Waals surface area contributed by atoms with Crippen LogP contribution in [0.5, 0.6) is 5.75 Å². The fraction of sp³-hybridized carbons (Fsp3) is 0.412. The van der Waals surface area contributed by atoms with Crippen molar-refractivity contribution in [1.82, 2.24) is 15.6 Å². The Labute approximate surface area is 158 Å². The molecule has 9 heteroatoms. The molecule has 0 saturated carbocycles. The fourth-order valence-electron chi connectivity index (χ4n) is 2.12. The first-order valence-corrected chi connectivity index (χ1v) is 10.8. The van der Waals surface area contributed by atoms with E-state index in [4.69, 9.17) is 4.74 Å². The van der Waals surface area contributed by atoms with Crippen LogP contribution in [-0.4, -0.2) is 45.8 Å². The Balaban J connectivity index is 1.73. The lowest BCUT2D eigenvalue weighted by Gasteiger charge is -2.12. The summed E-state index contributed by atoms with van der Waals surface area (Å²) in [5.74, 6) is 1.29. The van der Waals surface area contributed by atoms with Gasteiger partial charge in [-0.25, -0.2) is 13.4 Å². The van der Waals surface area contributed by atoms with E-state index in [1.54, 1.807) is 30.5 Å².